The molecule has 68 valence electrons. The Morgan fingerprint density at radius 2 is 2.15 bits per heavy atom. The predicted octanol–water partition coefficient (Wildman–Crippen LogP) is 2.56. The van der Waals surface area contributed by atoms with Gasteiger partial charge in [0.05, 0.1) is 5.56 Å². The van der Waals surface area contributed by atoms with Crippen molar-refractivity contribution in [3.05, 3.63) is 41.7 Å². The topological polar surface area (TPSA) is 37.3 Å². The molecule has 13 heavy (non-hydrogen) atoms. The van der Waals surface area contributed by atoms with Crippen molar-refractivity contribution >= 4 is 11.5 Å². The van der Waals surface area contributed by atoms with Crippen LogP contribution in [-0.4, -0.2) is 11.1 Å². The van der Waals surface area contributed by atoms with Gasteiger partial charge in [-0.3, -0.25) is 0 Å². The number of halogens is 1. The Labute approximate surface area is 75.3 Å². The fourth-order valence-corrected chi connectivity index (χ4v) is 0.994. The molecule has 0 aromatic heterocycles. The first kappa shape index (κ1) is 9.45. The van der Waals surface area contributed by atoms with Gasteiger partial charge in [-0.2, -0.15) is 0 Å². The SMILES string of the molecule is C=C(C)c1ccc(C(=O)O)cc1F. The number of benzene rings is 1. The Kier molecular flexibility index (Phi) is 2.46. The van der Waals surface area contributed by atoms with Gasteiger partial charge in [-0.1, -0.05) is 12.6 Å². The molecule has 0 fully saturated rings. The highest BCUT2D eigenvalue weighted by Gasteiger charge is 2.07. The fourth-order valence-electron chi connectivity index (χ4n) is 0.994. The van der Waals surface area contributed by atoms with E-state index in [1.54, 1.807) is 6.92 Å². The molecule has 1 aromatic carbocycles. The number of allylic oxidation sites excluding steroid dienone is 1. The molecule has 0 saturated carbocycles. The largest absolute Gasteiger partial charge is 0.478 e. The minimum absolute atomic E-state index is 0.0532. The van der Waals surface area contributed by atoms with E-state index in [0.717, 1.165) is 6.07 Å². The van der Waals surface area contributed by atoms with Gasteiger partial charge in [0.25, 0.3) is 0 Å². The van der Waals surface area contributed by atoms with Crippen LogP contribution in [0.1, 0.15) is 22.8 Å². The Bertz CT molecular complexity index is 369. The molecule has 0 bridgehead atoms. The van der Waals surface area contributed by atoms with Gasteiger partial charge < -0.3 is 5.11 Å². The summed E-state index contributed by atoms with van der Waals surface area (Å²) >= 11 is 0. The van der Waals surface area contributed by atoms with E-state index in [0.29, 0.717) is 11.1 Å². The third-order valence-corrected chi connectivity index (χ3v) is 1.68. The first-order chi connectivity index (χ1) is 6.02. The van der Waals surface area contributed by atoms with Gasteiger partial charge in [0.2, 0.25) is 0 Å². The van der Waals surface area contributed by atoms with E-state index in [1.165, 1.54) is 12.1 Å². The molecular weight excluding hydrogens is 171 g/mol. The van der Waals surface area contributed by atoms with Crippen molar-refractivity contribution < 1.29 is 14.3 Å². The van der Waals surface area contributed by atoms with E-state index in [1.807, 2.05) is 0 Å². The molecule has 0 aliphatic rings. The van der Waals surface area contributed by atoms with Crippen LogP contribution in [0.25, 0.3) is 5.57 Å². The van der Waals surface area contributed by atoms with Crippen molar-refractivity contribution in [3.8, 4) is 0 Å². The Balaban J connectivity index is 3.20. The molecule has 0 atom stereocenters. The smallest absolute Gasteiger partial charge is 0.335 e. The molecule has 0 unspecified atom stereocenters. The summed E-state index contributed by atoms with van der Waals surface area (Å²) in [6.07, 6.45) is 0. The van der Waals surface area contributed by atoms with Crippen molar-refractivity contribution in [1.82, 2.24) is 0 Å². The van der Waals surface area contributed by atoms with E-state index in [4.69, 9.17) is 5.11 Å². The molecule has 0 heterocycles. The molecule has 0 aliphatic carbocycles. The Morgan fingerprint density at radius 3 is 2.54 bits per heavy atom. The zero-order valence-electron chi connectivity index (χ0n) is 7.17. The highest BCUT2D eigenvalue weighted by Crippen LogP contribution is 2.17. The second-order valence-corrected chi connectivity index (χ2v) is 2.78. The molecule has 3 heteroatoms. The lowest BCUT2D eigenvalue weighted by atomic mass is 10.1. The van der Waals surface area contributed by atoms with Crippen molar-refractivity contribution in [2.75, 3.05) is 0 Å². The summed E-state index contributed by atoms with van der Waals surface area (Å²) in [7, 11) is 0. The van der Waals surface area contributed by atoms with E-state index in [-0.39, 0.29) is 5.56 Å². The van der Waals surface area contributed by atoms with Crippen molar-refractivity contribution in [3.63, 3.8) is 0 Å². The molecule has 0 saturated heterocycles. The Morgan fingerprint density at radius 1 is 1.54 bits per heavy atom. The maximum atomic E-state index is 13.1. The molecule has 0 amide bonds. The number of hydrogen-bond donors (Lipinski definition) is 1. The molecule has 0 aliphatic heterocycles. The summed E-state index contributed by atoms with van der Waals surface area (Å²) in [4.78, 5) is 10.4. The van der Waals surface area contributed by atoms with Crippen LogP contribution in [0.4, 0.5) is 4.39 Å². The van der Waals surface area contributed by atoms with Gasteiger partial charge in [-0.25, -0.2) is 9.18 Å². The zero-order valence-corrected chi connectivity index (χ0v) is 7.17. The highest BCUT2D eigenvalue weighted by molar-refractivity contribution is 5.88. The van der Waals surface area contributed by atoms with Crippen LogP contribution in [0.3, 0.4) is 0 Å². The van der Waals surface area contributed by atoms with E-state index < -0.39 is 11.8 Å². The third kappa shape index (κ3) is 1.93. The van der Waals surface area contributed by atoms with Crippen LogP contribution in [0.5, 0.6) is 0 Å². The maximum absolute atomic E-state index is 13.1. The molecule has 2 nitrogen and oxygen atoms in total. The standard InChI is InChI=1S/C10H9FO2/c1-6(2)8-4-3-7(10(12)13)5-9(8)11/h3-5H,1H2,2H3,(H,12,13). The minimum atomic E-state index is -1.13. The Hall–Kier alpha value is -1.64. The van der Waals surface area contributed by atoms with Crippen molar-refractivity contribution in [1.29, 1.82) is 0 Å². The summed E-state index contributed by atoms with van der Waals surface area (Å²) in [5.41, 5.74) is 0.877. The summed E-state index contributed by atoms with van der Waals surface area (Å²) in [5.74, 6) is -1.68. The van der Waals surface area contributed by atoms with Crippen LogP contribution in [0, 0.1) is 5.82 Å². The number of rotatable bonds is 2. The average molecular weight is 180 g/mol. The fraction of sp³-hybridized carbons (Fsp3) is 0.100. The van der Waals surface area contributed by atoms with Gasteiger partial charge >= 0.3 is 5.97 Å². The summed E-state index contributed by atoms with van der Waals surface area (Å²) in [5, 5.41) is 8.55. The van der Waals surface area contributed by atoms with Crippen LogP contribution >= 0.6 is 0 Å². The second-order valence-electron chi connectivity index (χ2n) is 2.78. The number of carboxylic acids is 1. The van der Waals surface area contributed by atoms with E-state index in [9.17, 15) is 9.18 Å². The second kappa shape index (κ2) is 3.39. The first-order valence-corrected chi connectivity index (χ1v) is 3.71. The average Bonchev–Trinajstić information content (AvgIpc) is 2.03. The summed E-state index contributed by atoms with van der Waals surface area (Å²) in [6.45, 7) is 5.24. The normalized spacial score (nSPS) is 9.69. The van der Waals surface area contributed by atoms with Crippen LogP contribution < -0.4 is 0 Å². The summed E-state index contributed by atoms with van der Waals surface area (Å²) < 4.78 is 13.1. The maximum Gasteiger partial charge on any atom is 0.335 e. The summed E-state index contributed by atoms with van der Waals surface area (Å²) in [6, 6.07) is 3.77. The van der Waals surface area contributed by atoms with Gasteiger partial charge in [0.1, 0.15) is 5.82 Å². The van der Waals surface area contributed by atoms with Crippen molar-refractivity contribution in [2.24, 2.45) is 0 Å². The van der Waals surface area contributed by atoms with Gasteiger partial charge in [-0.15, -0.1) is 0 Å². The van der Waals surface area contributed by atoms with Gasteiger partial charge in [0, 0.05) is 5.56 Å². The molecule has 0 radical (unpaired) electrons. The van der Waals surface area contributed by atoms with Gasteiger partial charge in [-0.05, 0) is 24.6 Å². The lowest BCUT2D eigenvalue weighted by Crippen LogP contribution is -1.98. The number of carbonyl (C=O) groups is 1. The number of carboxylic acid groups (broad SMARTS) is 1. The molecule has 1 N–H and O–H groups in total. The predicted molar refractivity (Wildman–Crippen MR) is 48.1 cm³/mol. The molecule has 1 aromatic rings. The van der Waals surface area contributed by atoms with Crippen LogP contribution in [0.2, 0.25) is 0 Å². The lowest BCUT2D eigenvalue weighted by Gasteiger charge is -2.02. The van der Waals surface area contributed by atoms with Gasteiger partial charge in [0.15, 0.2) is 0 Å². The van der Waals surface area contributed by atoms with E-state index in [2.05, 4.69) is 6.58 Å². The number of hydrogen-bond acceptors (Lipinski definition) is 1. The number of aromatic carboxylic acids is 1. The third-order valence-electron chi connectivity index (χ3n) is 1.68. The van der Waals surface area contributed by atoms with E-state index >= 15 is 0 Å². The molecule has 0 spiro atoms. The van der Waals surface area contributed by atoms with Crippen molar-refractivity contribution in [2.45, 2.75) is 6.92 Å². The van der Waals surface area contributed by atoms with Crippen LogP contribution in [-0.2, 0) is 0 Å². The zero-order chi connectivity index (χ0) is 10.0. The minimum Gasteiger partial charge on any atom is -0.478 e. The first-order valence-electron chi connectivity index (χ1n) is 3.71. The lowest BCUT2D eigenvalue weighted by molar-refractivity contribution is 0.0696. The highest BCUT2D eigenvalue weighted by atomic mass is 19.1. The monoisotopic (exact) mass is 180 g/mol. The molecule has 1 rings (SSSR count). The van der Waals surface area contributed by atoms with Crippen LogP contribution in [0.15, 0.2) is 24.8 Å². The quantitative estimate of drug-likeness (QED) is 0.759. The molecular formula is C10H9FO2.